The summed E-state index contributed by atoms with van der Waals surface area (Å²) < 4.78 is 31.2. The van der Waals surface area contributed by atoms with E-state index in [1.54, 1.807) is 54.0 Å². The van der Waals surface area contributed by atoms with Gasteiger partial charge in [0.25, 0.3) is 5.56 Å². The van der Waals surface area contributed by atoms with Crippen LogP contribution in [0.1, 0.15) is 44.6 Å². The molecular formula is C27H28BrN3O3S. The Morgan fingerprint density at radius 2 is 1.63 bits per heavy atom. The van der Waals surface area contributed by atoms with Gasteiger partial charge in [-0.05, 0) is 73.9 Å². The molecule has 8 heteroatoms. The Bertz CT molecular complexity index is 1500. The lowest BCUT2D eigenvalue weighted by Gasteiger charge is -2.29. The van der Waals surface area contributed by atoms with Gasteiger partial charge < -0.3 is 0 Å². The fourth-order valence-electron chi connectivity index (χ4n) is 4.17. The molecule has 6 nitrogen and oxygen atoms in total. The van der Waals surface area contributed by atoms with E-state index in [4.69, 9.17) is 4.98 Å². The zero-order valence-corrected chi connectivity index (χ0v) is 22.4. The van der Waals surface area contributed by atoms with Crippen molar-refractivity contribution < 1.29 is 8.42 Å². The second-order valence-electron chi connectivity index (χ2n) is 8.39. The molecule has 1 aromatic heterocycles. The van der Waals surface area contributed by atoms with Crippen molar-refractivity contribution >= 4 is 36.9 Å². The van der Waals surface area contributed by atoms with Crippen LogP contribution in [-0.4, -0.2) is 28.8 Å². The highest BCUT2D eigenvalue weighted by Crippen LogP contribution is 2.29. The van der Waals surface area contributed by atoms with Crippen molar-refractivity contribution in [2.45, 2.75) is 44.6 Å². The first-order valence-electron chi connectivity index (χ1n) is 11.7. The third kappa shape index (κ3) is 4.96. The van der Waals surface area contributed by atoms with Crippen LogP contribution in [0.5, 0.6) is 0 Å². The predicted octanol–water partition coefficient (Wildman–Crippen LogP) is 5.87. The molecule has 4 aromatic rings. The number of hydrogen-bond donors (Lipinski definition) is 0. The SMILES string of the molecule is CCCN(C(C)c1nc2ccccc2c(=O)n1-c1ccc(CC)cc1)S(=O)(=O)c1ccc(Br)cc1. The van der Waals surface area contributed by atoms with E-state index in [1.165, 1.54) is 4.31 Å². The van der Waals surface area contributed by atoms with Gasteiger partial charge in [-0.2, -0.15) is 4.31 Å². The number of para-hydroxylation sites is 1. The molecule has 0 saturated heterocycles. The van der Waals surface area contributed by atoms with Gasteiger partial charge >= 0.3 is 0 Å². The smallest absolute Gasteiger partial charge is 0.266 e. The van der Waals surface area contributed by atoms with Crippen molar-refractivity contribution in [1.82, 2.24) is 13.9 Å². The molecule has 1 unspecified atom stereocenters. The zero-order chi connectivity index (χ0) is 25.2. The van der Waals surface area contributed by atoms with Gasteiger partial charge in [-0.25, -0.2) is 13.4 Å². The number of benzene rings is 3. The largest absolute Gasteiger partial charge is 0.268 e. The minimum absolute atomic E-state index is 0.197. The number of halogens is 1. The molecule has 0 aliphatic rings. The van der Waals surface area contributed by atoms with E-state index in [1.807, 2.05) is 37.3 Å². The molecule has 0 bridgehead atoms. The molecule has 35 heavy (non-hydrogen) atoms. The molecule has 182 valence electrons. The molecule has 0 aliphatic carbocycles. The van der Waals surface area contributed by atoms with Crippen molar-refractivity contribution in [2.75, 3.05) is 6.54 Å². The molecule has 0 fully saturated rings. The maximum atomic E-state index is 13.7. The third-order valence-corrected chi connectivity index (χ3v) is 8.59. The Kier molecular flexibility index (Phi) is 7.54. The number of hydrogen-bond acceptors (Lipinski definition) is 4. The van der Waals surface area contributed by atoms with Crippen molar-refractivity contribution in [1.29, 1.82) is 0 Å². The number of rotatable bonds is 8. The van der Waals surface area contributed by atoms with E-state index in [2.05, 4.69) is 22.9 Å². The second-order valence-corrected chi connectivity index (χ2v) is 11.2. The maximum Gasteiger partial charge on any atom is 0.266 e. The molecule has 0 N–H and O–H groups in total. The summed E-state index contributed by atoms with van der Waals surface area (Å²) in [6, 6.07) is 20.8. The van der Waals surface area contributed by atoms with Gasteiger partial charge in [0.15, 0.2) is 0 Å². The van der Waals surface area contributed by atoms with E-state index >= 15 is 0 Å². The highest BCUT2D eigenvalue weighted by Gasteiger charge is 2.32. The maximum absolute atomic E-state index is 13.7. The van der Waals surface area contributed by atoms with Gasteiger partial charge in [0.1, 0.15) is 5.82 Å². The van der Waals surface area contributed by atoms with E-state index in [-0.39, 0.29) is 17.0 Å². The molecule has 4 rings (SSSR count). The average molecular weight is 555 g/mol. The molecular weight excluding hydrogens is 526 g/mol. The summed E-state index contributed by atoms with van der Waals surface area (Å²) in [6.45, 7) is 6.08. The number of fused-ring (bicyclic) bond motifs is 1. The van der Waals surface area contributed by atoms with Gasteiger partial charge in [-0.1, -0.05) is 54.0 Å². The number of nitrogens with zero attached hydrogens (tertiary/aromatic N) is 3. The zero-order valence-electron chi connectivity index (χ0n) is 20.0. The first kappa shape index (κ1) is 25.3. The molecule has 0 amide bonds. The first-order chi connectivity index (χ1) is 16.8. The Morgan fingerprint density at radius 3 is 2.26 bits per heavy atom. The van der Waals surface area contributed by atoms with Gasteiger partial charge in [-0.3, -0.25) is 9.36 Å². The van der Waals surface area contributed by atoms with E-state index in [0.717, 1.165) is 16.5 Å². The Labute approximate surface area is 214 Å². The van der Waals surface area contributed by atoms with Crippen molar-refractivity contribution in [2.24, 2.45) is 0 Å². The molecule has 3 aromatic carbocycles. The number of aryl methyl sites for hydroxylation is 1. The summed E-state index contributed by atoms with van der Waals surface area (Å²) in [4.78, 5) is 18.7. The monoisotopic (exact) mass is 553 g/mol. The third-order valence-electron chi connectivity index (χ3n) is 6.07. The lowest BCUT2D eigenvalue weighted by atomic mass is 10.1. The van der Waals surface area contributed by atoms with Crippen LogP contribution in [0.4, 0.5) is 0 Å². The first-order valence-corrected chi connectivity index (χ1v) is 13.9. The molecule has 0 aliphatic heterocycles. The summed E-state index contributed by atoms with van der Waals surface area (Å²) in [5.41, 5.74) is 2.12. The predicted molar refractivity (Wildman–Crippen MR) is 143 cm³/mol. The van der Waals surface area contributed by atoms with Gasteiger partial charge in [0, 0.05) is 11.0 Å². The molecule has 1 atom stereocenters. The lowest BCUT2D eigenvalue weighted by molar-refractivity contribution is 0.327. The Hall–Kier alpha value is -2.81. The lowest BCUT2D eigenvalue weighted by Crippen LogP contribution is -2.38. The van der Waals surface area contributed by atoms with Gasteiger partial charge in [0.05, 0.1) is 27.5 Å². The quantitative estimate of drug-likeness (QED) is 0.273. The Balaban J connectivity index is 1.93. The van der Waals surface area contributed by atoms with E-state index in [9.17, 15) is 13.2 Å². The highest BCUT2D eigenvalue weighted by molar-refractivity contribution is 9.10. The van der Waals surface area contributed by atoms with Gasteiger partial charge in [0.2, 0.25) is 10.0 Å². The molecule has 0 saturated carbocycles. The summed E-state index contributed by atoms with van der Waals surface area (Å²) in [7, 11) is -3.85. The van der Waals surface area contributed by atoms with E-state index < -0.39 is 16.1 Å². The van der Waals surface area contributed by atoms with Crippen molar-refractivity contribution in [3.05, 3.63) is 99.0 Å². The number of aromatic nitrogens is 2. The summed E-state index contributed by atoms with van der Waals surface area (Å²) in [5.74, 6) is 0.382. The fourth-order valence-corrected chi connectivity index (χ4v) is 6.12. The van der Waals surface area contributed by atoms with Crippen LogP contribution in [0, 0.1) is 0 Å². The minimum atomic E-state index is -3.85. The van der Waals surface area contributed by atoms with Crippen LogP contribution in [0.3, 0.4) is 0 Å². The molecule has 0 radical (unpaired) electrons. The van der Waals surface area contributed by atoms with Crippen LogP contribution in [-0.2, 0) is 16.4 Å². The van der Waals surface area contributed by atoms with Crippen molar-refractivity contribution in [3.8, 4) is 5.69 Å². The van der Waals surface area contributed by atoms with Crippen molar-refractivity contribution in [3.63, 3.8) is 0 Å². The molecule has 0 spiro atoms. The molecule has 1 heterocycles. The standard InChI is InChI=1S/C27H28BrN3O3S/c1-4-18-30(35(33,34)23-16-12-21(28)13-17-23)19(3)26-29-25-9-7-6-8-24(25)27(32)31(26)22-14-10-20(5-2)11-15-22/h6-17,19H,4-5,18H2,1-3H3. The summed E-state index contributed by atoms with van der Waals surface area (Å²) in [6.07, 6.45) is 1.49. The van der Waals surface area contributed by atoms with Crippen LogP contribution in [0.2, 0.25) is 0 Å². The van der Waals surface area contributed by atoms with Crippen LogP contribution < -0.4 is 5.56 Å². The van der Waals surface area contributed by atoms with Crippen LogP contribution in [0.15, 0.2) is 87.0 Å². The Morgan fingerprint density at radius 1 is 0.971 bits per heavy atom. The summed E-state index contributed by atoms with van der Waals surface area (Å²) in [5, 5.41) is 0.487. The minimum Gasteiger partial charge on any atom is -0.268 e. The van der Waals surface area contributed by atoms with Crippen LogP contribution in [0.25, 0.3) is 16.6 Å². The topological polar surface area (TPSA) is 72.3 Å². The fraction of sp³-hybridized carbons (Fsp3) is 0.259. The van der Waals surface area contributed by atoms with Gasteiger partial charge in [-0.15, -0.1) is 0 Å². The second kappa shape index (κ2) is 10.4. The average Bonchev–Trinajstić information content (AvgIpc) is 2.87. The normalized spacial score (nSPS) is 12.8. The van der Waals surface area contributed by atoms with E-state index in [0.29, 0.717) is 28.8 Å². The van der Waals surface area contributed by atoms with Crippen LogP contribution >= 0.6 is 15.9 Å². The highest BCUT2D eigenvalue weighted by atomic mass is 79.9. The number of sulfonamides is 1. The summed E-state index contributed by atoms with van der Waals surface area (Å²) >= 11 is 3.37.